The van der Waals surface area contributed by atoms with E-state index in [1.165, 1.54) is 43.7 Å². The molecule has 3 nitrogen and oxygen atoms in total. The lowest BCUT2D eigenvalue weighted by Gasteiger charge is -2.08. The minimum Gasteiger partial charge on any atom is -0.309 e. The van der Waals surface area contributed by atoms with Gasteiger partial charge in [-0.1, -0.05) is 97.1 Å². The van der Waals surface area contributed by atoms with E-state index in [2.05, 4.69) is 149 Å². The molecule has 0 unspecified atom stereocenters. The van der Waals surface area contributed by atoms with Gasteiger partial charge in [0.1, 0.15) is 5.00 Å². The van der Waals surface area contributed by atoms with Crippen LogP contribution in [0.25, 0.3) is 87.0 Å². The highest BCUT2D eigenvalue weighted by atomic mass is 32.1. The van der Waals surface area contributed by atoms with Gasteiger partial charge in [0.2, 0.25) is 0 Å². The number of hydrogen-bond donors (Lipinski definition) is 0. The Hall–Kier alpha value is -6.23. The van der Waals surface area contributed by atoms with Crippen LogP contribution in [0.1, 0.15) is 15.9 Å². The molecule has 49 heavy (non-hydrogen) atoms. The summed E-state index contributed by atoms with van der Waals surface area (Å²) < 4.78 is 4.69. The second-order valence-corrected chi connectivity index (χ2v) is 13.9. The molecule has 0 aliphatic heterocycles. The lowest BCUT2D eigenvalue weighted by atomic mass is 10.0. The van der Waals surface area contributed by atoms with E-state index >= 15 is 0 Å². The van der Waals surface area contributed by atoms with E-state index in [0.29, 0.717) is 0 Å². The Bertz CT molecular complexity index is 2960. The maximum absolute atomic E-state index is 13.8. The maximum Gasteiger partial charge on any atom is 0.195 e. The van der Waals surface area contributed by atoms with Gasteiger partial charge in [-0.05, 0) is 82.9 Å². The van der Waals surface area contributed by atoms with Crippen LogP contribution in [0.3, 0.4) is 0 Å². The lowest BCUT2D eigenvalue weighted by Crippen LogP contribution is -1.96. The average Bonchev–Trinajstić information content (AvgIpc) is 3.91. The fourth-order valence-electron chi connectivity index (χ4n) is 8.10. The van der Waals surface area contributed by atoms with E-state index in [0.717, 1.165) is 54.4 Å². The summed E-state index contributed by atoms with van der Waals surface area (Å²) in [7, 11) is 0. The topological polar surface area (TPSA) is 26.9 Å². The van der Waals surface area contributed by atoms with Crippen LogP contribution in [0.15, 0.2) is 158 Å². The molecule has 3 aliphatic carbocycles. The van der Waals surface area contributed by atoms with Gasteiger partial charge < -0.3 is 9.13 Å². The Morgan fingerprint density at radius 1 is 0.408 bits per heavy atom. The number of ketones is 1. The first-order valence-electron chi connectivity index (χ1n) is 16.6. The molecule has 0 amide bonds. The van der Waals surface area contributed by atoms with Crippen LogP contribution in [0.4, 0.5) is 0 Å². The molecule has 8 aromatic rings. The fraction of sp³-hybridized carbons (Fsp3) is 0. The van der Waals surface area contributed by atoms with Crippen molar-refractivity contribution in [2.75, 3.05) is 0 Å². The third kappa shape index (κ3) is 3.69. The highest BCUT2D eigenvalue weighted by Gasteiger charge is 2.34. The molecule has 0 radical (unpaired) electrons. The first-order valence-corrected chi connectivity index (χ1v) is 17.4. The molecule has 3 heterocycles. The number of hydrogen-bond acceptors (Lipinski definition) is 2. The zero-order chi connectivity index (χ0) is 32.2. The number of carbonyl (C=O) groups excluding carboxylic acids is 1. The third-order valence-corrected chi connectivity index (χ3v) is 11.4. The summed E-state index contributed by atoms with van der Waals surface area (Å²) in [5.74, 6) is 0.126. The zero-order valence-corrected chi connectivity index (χ0v) is 27.0. The number of thiophene rings is 1. The van der Waals surface area contributed by atoms with Crippen LogP contribution >= 0.6 is 11.3 Å². The summed E-state index contributed by atoms with van der Waals surface area (Å²) in [5.41, 5.74) is 13.1. The van der Waals surface area contributed by atoms with Crippen LogP contribution in [0.5, 0.6) is 0 Å². The predicted molar refractivity (Wildman–Crippen MR) is 204 cm³/mol. The highest BCUT2D eigenvalue weighted by Crippen LogP contribution is 2.50. The first kappa shape index (κ1) is 26.8. The molecule has 5 aromatic carbocycles. The number of para-hydroxylation sites is 3. The van der Waals surface area contributed by atoms with Crippen molar-refractivity contribution < 1.29 is 4.79 Å². The molecule has 0 atom stereocenters. The van der Waals surface area contributed by atoms with E-state index in [1.54, 1.807) is 11.3 Å². The van der Waals surface area contributed by atoms with E-state index in [9.17, 15) is 4.79 Å². The van der Waals surface area contributed by atoms with Gasteiger partial charge in [-0.2, -0.15) is 0 Å². The van der Waals surface area contributed by atoms with Crippen LogP contribution in [0.2, 0.25) is 0 Å². The molecular weight excluding hydrogens is 617 g/mol. The van der Waals surface area contributed by atoms with E-state index in [4.69, 9.17) is 0 Å². The van der Waals surface area contributed by atoms with E-state index < -0.39 is 0 Å². The van der Waals surface area contributed by atoms with Gasteiger partial charge >= 0.3 is 0 Å². The summed E-state index contributed by atoms with van der Waals surface area (Å²) in [6, 6.07) is 56.1. The lowest BCUT2D eigenvalue weighted by molar-refractivity contribution is 0.104. The van der Waals surface area contributed by atoms with Gasteiger partial charge in [-0.3, -0.25) is 4.79 Å². The minimum absolute atomic E-state index is 0.126. The molecular formula is C45H26N2OS. The van der Waals surface area contributed by atoms with E-state index in [1.807, 2.05) is 18.2 Å². The molecule has 0 saturated carbocycles. The highest BCUT2D eigenvalue weighted by molar-refractivity contribution is 7.18. The van der Waals surface area contributed by atoms with Gasteiger partial charge in [0, 0.05) is 48.8 Å². The SMILES string of the molecule is O=C1c2cc(-n3c4ccccc4c4cc(-c5ccc6c(c5)c5ccccc5n6-c5ccccc5)ccc43)sc2-c2cc3cccccc-3c21. The van der Waals surface area contributed by atoms with Crippen molar-refractivity contribution in [1.82, 2.24) is 9.13 Å². The van der Waals surface area contributed by atoms with Crippen LogP contribution < -0.4 is 0 Å². The molecule has 0 spiro atoms. The molecule has 3 aliphatic rings. The van der Waals surface area contributed by atoms with Crippen molar-refractivity contribution in [3.05, 3.63) is 169 Å². The van der Waals surface area contributed by atoms with Crippen LogP contribution in [-0.4, -0.2) is 14.9 Å². The fourth-order valence-corrected chi connectivity index (χ4v) is 9.31. The van der Waals surface area contributed by atoms with Crippen molar-refractivity contribution in [3.8, 4) is 43.4 Å². The Balaban J connectivity index is 1.08. The second-order valence-electron chi connectivity index (χ2n) is 12.9. The smallest absolute Gasteiger partial charge is 0.195 e. The summed E-state index contributed by atoms with van der Waals surface area (Å²) in [4.78, 5) is 14.9. The van der Waals surface area contributed by atoms with Gasteiger partial charge in [-0.15, -0.1) is 11.3 Å². The van der Waals surface area contributed by atoms with Gasteiger partial charge in [0.05, 0.1) is 22.1 Å². The molecule has 4 heteroatoms. The number of nitrogens with zero attached hydrogens (tertiary/aromatic N) is 2. The summed E-state index contributed by atoms with van der Waals surface area (Å²) >= 11 is 1.71. The Morgan fingerprint density at radius 3 is 1.69 bits per heavy atom. The molecule has 0 saturated heterocycles. The van der Waals surface area contributed by atoms with Crippen molar-refractivity contribution in [3.63, 3.8) is 0 Å². The number of carbonyl (C=O) groups is 1. The zero-order valence-electron chi connectivity index (χ0n) is 26.2. The standard InChI is InChI=1S/C45H26N2OS/c48-44-37-26-42(49-45(37)36-25-29-11-3-1-6-14-31(29)43(36)44)47-39-18-10-8-16-33(39)35-24-28(20-22-41(35)47)27-19-21-40-34(23-27)32-15-7-9-17-38(32)46(40)30-12-4-2-5-13-30/h1-26H. The summed E-state index contributed by atoms with van der Waals surface area (Å²) in [6.07, 6.45) is 0. The Labute approximate surface area is 285 Å². The number of benzene rings is 5. The quantitative estimate of drug-likeness (QED) is 0.188. The largest absolute Gasteiger partial charge is 0.309 e. The second kappa shape index (κ2) is 9.89. The maximum atomic E-state index is 13.8. The van der Waals surface area contributed by atoms with Crippen LogP contribution in [-0.2, 0) is 0 Å². The van der Waals surface area contributed by atoms with Crippen molar-refractivity contribution in [2.24, 2.45) is 0 Å². The summed E-state index contributed by atoms with van der Waals surface area (Å²) in [5, 5.41) is 5.95. The van der Waals surface area contributed by atoms with Crippen molar-refractivity contribution >= 4 is 60.7 Å². The van der Waals surface area contributed by atoms with Crippen molar-refractivity contribution in [2.45, 2.75) is 0 Å². The van der Waals surface area contributed by atoms with Gasteiger partial charge in [0.25, 0.3) is 0 Å². The van der Waals surface area contributed by atoms with E-state index in [-0.39, 0.29) is 5.78 Å². The third-order valence-electron chi connectivity index (χ3n) is 10.3. The molecule has 11 rings (SSSR count). The Kier molecular flexibility index (Phi) is 5.41. The molecule has 0 N–H and O–H groups in total. The Morgan fingerprint density at radius 2 is 0.980 bits per heavy atom. The van der Waals surface area contributed by atoms with Crippen molar-refractivity contribution in [1.29, 1.82) is 0 Å². The van der Waals surface area contributed by atoms with Gasteiger partial charge in [-0.25, -0.2) is 0 Å². The monoisotopic (exact) mass is 642 g/mol. The molecule has 0 bridgehead atoms. The number of aromatic nitrogens is 2. The van der Waals surface area contributed by atoms with Crippen LogP contribution in [0, 0.1) is 0 Å². The molecule has 0 fully saturated rings. The minimum atomic E-state index is 0.126. The first-order chi connectivity index (χ1) is 24.2. The number of fused-ring (bicyclic) bond motifs is 11. The number of rotatable bonds is 3. The molecule has 228 valence electrons. The van der Waals surface area contributed by atoms with Gasteiger partial charge in [0.15, 0.2) is 5.78 Å². The normalized spacial score (nSPS) is 12.5. The average molecular weight is 643 g/mol. The molecule has 3 aromatic heterocycles. The predicted octanol–water partition coefficient (Wildman–Crippen LogP) is 11.9. The summed E-state index contributed by atoms with van der Waals surface area (Å²) in [6.45, 7) is 0.